The molecule has 1 saturated heterocycles. The molecular weight excluding hydrogens is 522 g/mol. The number of amides is 3. The Morgan fingerprint density at radius 3 is 1.98 bits per heavy atom. The lowest BCUT2D eigenvalue weighted by Crippen LogP contribution is -2.52. The summed E-state index contributed by atoms with van der Waals surface area (Å²) in [4.78, 5) is 38.1. The lowest BCUT2D eigenvalue weighted by atomic mass is 10.0. The normalized spacial score (nSPS) is 16.6. The lowest BCUT2D eigenvalue weighted by Gasteiger charge is -2.29. The molecule has 0 aromatic heterocycles. The summed E-state index contributed by atoms with van der Waals surface area (Å²) in [6.07, 6.45) is 0.543. The number of imide groups is 1. The Hall–Kier alpha value is -2.89. The van der Waals surface area contributed by atoms with E-state index in [0.717, 1.165) is 11.1 Å². The molecule has 40 heavy (non-hydrogen) atoms. The van der Waals surface area contributed by atoms with Crippen molar-refractivity contribution in [2.75, 3.05) is 85.8 Å². The highest BCUT2D eigenvalue weighted by Gasteiger charge is 2.39. The molecule has 3 rings (SSSR count). The number of hydrogen-bond donors (Lipinski definition) is 2. The summed E-state index contributed by atoms with van der Waals surface area (Å²) in [7, 11) is 0. The summed E-state index contributed by atoms with van der Waals surface area (Å²) in [5.41, 5.74) is 7.37. The van der Waals surface area contributed by atoms with Crippen molar-refractivity contribution >= 4 is 17.7 Å². The topological polar surface area (TPSA) is 148 Å². The molecule has 3 amide bonds. The summed E-state index contributed by atoms with van der Waals surface area (Å²) in [6.45, 7) is 6.33. The average molecular weight is 562 g/mol. The fourth-order valence-electron chi connectivity index (χ4n) is 4.14. The van der Waals surface area contributed by atoms with E-state index < -0.39 is 11.9 Å². The summed E-state index contributed by atoms with van der Waals surface area (Å²) in [5.74, 6) is 5.08. The molecule has 12 nitrogen and oxygen atoms in total. The Bertz CT molecular complexity index is 1020. The van der Waals surface area contributed by atoms with Crippen molar-refractivity contribution in [2.45, 2.75) is 25.4 Å². The summed E-state index contributed by atoms with van der Waals surface area (Å²) in [5, 5.41) is 2.31. The van der Waals surface area contributed by atoms with Crippen LogP contribution >= 0.6 is 0 Å². The van der Waals surface area contributed by atoms with Gasteiger partial charge in [-0.15, -0.1) is 0 Å². The van der Waals surface area contributed by atoms with E-state index in [4.69, 9.17) is 34.2 Å². The van der Waals surface area contributed by atoms with Gasteiger partial charge < -0.3 is 39.1 Å². The summed E-state index contributed by atoms with van der Waals surface area (Å²) in [6, 6.07) is 4.70. The molecule has 2 heterocycles. The molecule has 0 saturated carbocycles. The average Bonchev–Trinajstić information content (AvgIpc) is 3.28. The first kappa shape index (κ1) is 31.6. The van der Waals surface area contributed by atoms with Crippen molar-refractivity contribution in [1.29, 1.82) is 0 Å². The third-order valence-corrected chi connectivity index (χ3v) is 6.10. The molecule has 2 aliphatic heterocycles. The first-order valence-electron chi connectivity index (χ1n) is 13.5. The number of carbonyl (C=O) groups is 3. The number of piperidine rings is 1. The van der Waals surface area contributed by atoms with Crippen LogP contribution in [0.3, 0.4) is 0 Å². The van der Waals surface area contributed by atoms with Crippen molar-refractivity contribution in [2.24, 2.45) is 5.73 Å². The second-order valence-corrected chi connectivity index (χ2v) is 8.94. The van der Waals surface area contributed by atoms with Crippen molar-refractivity contribution in [1.82, 2.24) is 10.2 Å². The van der Waals surface area contributed by atoms with Crippen LogP contribution in [-0.4, -0.2) is 114 Å². The predicted octanol–water partition coefficient (Wildman–Crippen LogP) is -0.143. The Balaban J connectivity index is 1.20. The first-order chi connectivity index (χ1) is 19.6. The molecule has 0 spiro atoms. The monoisotopic (exact) mass is 561 g/mol. The highest BCUT2D eigenvalue weighted by Crippen LogP contribution is 2.29. The summed E-state index contributed by atoms with van der Waals surface area (Å²) < 4.78 is 32.4. The Labute approximate surface area is 234 Å². The maximum absolute atomic E-state index is 12.9. The first-order valence-corrected chi connectivity index (χ1v) is 13.5. The van der Waals surface area contributed by atoms with E-state index in [-0.39, 0.29) is 31.4 Å². The number of nitrogens with zero attached hydrogens (tertiary/aromatic N) is 1. The van der Waals surface area contributed by atoms with Crippen LogP contribution in [0.2, 0.25) is 0 Å². The predicted molar refractivity (Wildman–Crippen MR) is 143 cm³/mol. The van der Waals surface area contributed by atoms with Crippen LogP contribution < -0.4 is 11.1 Å². The molecule has 12 heteroatoms. The molecule has 1 aromatic rings. The molecular formula is C28H39N3O9. The molecule has 0 aliphatic carbocycles. The van der Waals surface area contributed by atoms with Gasteiger partial charge in [-0.05, 0) is 24.1 Å². The highest BCUT2D eigenvalue weighted by atomic mass is 16.6. The molecule has 1 fully saturated rings. The molecule has 2 aliphatic rings. The second kappa shape index (κ2) is 18.5. The zero-order chi connectivity index (χ0) is 28.4. The molecule has 3 N–H and O–H groups in total. The van der Waals surface area contributed by atoms with Gasteiger partial charge in [-0.3, -0.25) is 19.7 Å². The van der Waals surface area contributed by atoms with Crippen LogP contribution in [0.5, 0.6) is 0 Å². The van der Waals surface area contributed by atoms with E-state index in [2.05, 4.69) is 17.2 Å². The fraction of sp³-hybridized carbons (Fsp3) is 0.607. The van der Waals surface area contributed by atoms with Gasteiger partial charge in [-0.2, -0.15) is 0 Å². The van der Waals surface area contributed by atoms with Crippen LogP contribution in [-0.2, 0) is 44.6 Å². The number of nitrogens with one attached hydrogen (secondary N) is 1. The molecule has 1 unspecified atom stereocenters. The van der Waals surface area contributed by atoms with Gasteiger partial charge in [0.1, 0.15) is 12.6 Å². The van der Waals surface area contributed by atoms with Crippen LogP contribution in [0.1, 0.15) is 34.3 Å². The molecule has 0 bridgehead atoms. The van der Waals surface area contributed by atoms with Crippen molar-refractivity contribution < 1.29 is 42.8 Å². The van der Waals surface area contributed by atoms with E-state index in [0.29, 0.717) is 91.2 Å². The van der Waals surface area contributed by atoms with Gasteiger partial charge in [-0.1, -0.05) is 17.9 Å². The maximum Gasteiger partial charge on any atom is 0.255 e. The van der Waals surface area contributed by atoms with Crippen LogP contribution in [0.25, 0.3) is 0 Å². The third-order valence-electron chi connectivity index (χ3n) is 6.10. The number of hydrogen-bond acceptors (Lipinski definition) is 10. The number of benzene rings is 1. The molecule has 1 aromatic carbocycles. The lowest BCUT2D eigenvalue weighted by molar-refractivity contribution is -0.136. The zero-order valence-electron chi connectivity index (χ0n) is 22.8. The minimum Gasteiger partial charge on any atom is -0.378 e. The fourth-order valence-corrected chi connectivity index (χ4v) is 4.14. The molecule has 220 valence electrons. The van der Waals surface area contributed by atoms with E-state index in [1.807, 2.05) is 6.07 Å². The maximum atomic E-state index is 12.9. The number of ether oxygens (including phenoxy) is 6. The van der Waals surface area contributed by atoms with Crippen LogP contribution in [0.4, 0.5) is 0 Å². The number of nitrogens with two attached hydrogens (primary N) is 1. The Kier molecular flexibility index (Phi) is 14.6. The largest absolute Gasteiger partial charge is 0.378 e. The van der Waals surface area contributed by atoms with Crippen molar-refractivity contribution in [3.8, 4) is 11.8 Å². The zero-order valence-corrected chi connectivity index (χ0v) is 22.8. The van der Waals surface area contributed by atoms with Gasteiger partial charge in [0.05, 0.1) is 72.7 Å². The van der Waals surface area contributed by atoms with E-state index in [1.54, 1.807) is 12.1 Å². The highest BCUT2D eigenvalue weighted by molar-refractivity contribution is 6.05. The Morgan fingerprint density at radius 2 is 1.40 bits per heavy atom. The quantitative estimate of drug-likeness (QED) is 0.133. The third kappa shape index (κ3) is 10.6. The SMILES string of the molecule is NCCOCCOCCOCCOCCOCCOCC#Cc1cccc2c1CN(C1CCC(=O)NC1=O)C2=O. The minimum absolute atomic E-state index is 0.218. The summed E-state index contributed by atoms with van der Waals surface area (Å²) >= 11 is 0. The standard InChI is InChI=1S/C28H39N3O9/c29-8-10-36-12-14-38-16-18-40-20-19-39-17-15-37-13-11-35-9-2-4-22-3-1-5-23-24(22)21-31(28(23)34)25-6-7-26(32)30-27(25)33/h1,3,5,25H,6-21,29H2,(H,30,32,33). The van der Waals surface area contributed by atoms with Gasteiger partial charge in [0, 0.05) is 30.6 Å². The number of rotatable bonds is 19. The van der Waals surface area contributed by atoms with E-state index >= 15 is 0 Å². The van der Waals surface area contributed by atoms with E-state index in [1.165, 1.54) is 4.90 Å². The smallest absolute Gasteiger partial charge is 0.255 e. The van der Waals surface area contributed by atoms with Gasteiger partial charge in [-0.25, -0.2) is 0 Å². The van der Waals surface area contributed by atoms with E-state index in [9.17, 15) is 14.4 Å². The minimum atomic E-state index is -0.649. The number of fused-ring (bicyclic) bond motifs is 1. The Morgan fingerprint density at radius 1 is 0.825 bits per heavy atom. The van der Waals surface area contributed by atoms with Crippen molar-refractivity contribution in [3.63, 3.8) is 0 Å². The molecule has 1 atom stereocenters. The van der Waals surface area contributed by atoms with Crippen LogP contribution in [0, 0.1) is 11.8 Å². The van der Waals surface area contributed by atoms with Gasteiger partial charge in [0.25, 0.3) is 5.91 Å². The van der Waals surface area contributed by atoms with Gasteiger partial charge in [0.15, 0.2) is 0 Å². The van der Waals surface area contributed by atoms with Gasteiger partial charge in [0.2, 0.25) is 11.8 Å². The number of carbonyl (C=O) groups excluding carboxylic acids is 3. The molecule has 0 radical (unpaired) electrons. The van der Waals surface area contributed by atoms with Crippen LogP contribution in [0.15, 0.2) is 18.2 Å². The van der Waals surface area contributed by atoms with Gasteiger partial charge >= 0.3 is 0 Å². The second-order valence-electron chi connectivity index (χ2n) is 8.94. The van der Waals surface area contributed by atoms with Crippen molar-refractivity contribution in [3.05, 3.63) is 34.9 Å².